The van der Waals surface area contributed by atoms with E-state index in [-0.39, 0.29) is 35.2 Å². The minimum Gasteiger partial charge on any atom is -0.334 e. The van der Waals surface area contributed by atoms with Gasteiger partial charge in [-0.05, 0) is 43.0 Å². The molecule has 2 N–H and O–H groups in total. The number of sulfonamides is 1. The van der Waals surface area contributed by atoms with E-state index in [2.05, 4.69) is 10.6 Å². The molecular weight excluding hydrogens is 452 g/mol. The van der Waals surface area contributed by atoms with E-state index in [0.717, 1.165) is 56.1 Å². The van der Waals surface area contributed by atoms with Crippen LogP contribution in [0, 0.1) is 5.92 Å². The van der Waals surface area contributed by atoms with E-state index >= 15 is 0 Å². The summed E-state index contributed by atoms with van der Waals surface area (Å²) < 4.78 is 27.3. The first-order chi connectivity index (χ1) is 15.3. The number of carbonyl (C=O) groups excluding carboxylic acids is 3. The molecule has 1 aromatic heterocycles. The standard InChI is InChI=1S/C21H32N4O5S2/c1-24(32(29,30)20-10-6-12-31-20)14-18(16-7-3-2-4-8-16)23-21(28)22-13-19(27)25-11-5-9-17(25)15-26/h6,10,12,15-18H,2-5,7-9,11,13-14H2,1H3,(H2,22,23,28)/t17-,18?/m0/s1. The van der Waals surface area contributed by atoms with Crippen molar-refractivity contribution in [2.75, 3.05) is 26.7 Å². The SMILES string of the molecule is CN(CC(NC(=O)NCC(=O)N1CCC[C@H]1C=O)C1CCCCC1)S(=O)(=O)c1cccs1. The molecule has 1 saturated heterocycles. The van der Waals surface area contributed by atoms with Gasteiger partial charge in [-0.3, -0.25) is 4.79 Å². The zero-order valence-electron chi connectivity index (χ0n) is 18.4. The number of likely N-dealkylation sites (N-methyl/N-ethyl adjacent to an activating group) is 1. The van der Waals surface area contributed by atoms with Crippen LogP contribution >= 0.6 is 11.3 Å². The van der Waals surface area contributed by atoms with Crippen LogP contribution in [0.2, 0.25) is 0 Å². The fourth-order valence-electron chi connectivity index (χ4n) is 4.51. The van der Waals surface area contributed by atoms with Gasteiger partial charge in [0.15, 0.2) is 0 Å². The Hall–Kier alpha value is -1.98. The number of carbonyl (C=O) groups is 3. The lowest BCUT2D eigenvalue weighted by atomic mass is 9.84. The van der Waals surface area contributed by atoms with Crippen LogP contribution in [0.5, 0.6) is 0 Å². The van der Waals surface area contributed by atoms with Crippen molar-refractivity contribution < 1.29 is 22.8 Å². The van der Waals surface area contributed by atoms with E-state index < -0.39 is 22.1 Å². The van der Waals surface area contributed by atoms with Gasteiger partial charge in [-0.1, -0.05) is 25.3 Å². The van der Waals surface area contributed by atoms with Crippen molar-refractivity contribution in [1.29, 1.82) is 0 Å². The summed E-state index contributed by atoms with van der Waals surface area (Å²) in [5.74, 6) is -0.120. The molecule has 178 valence electrons. The molecule has 1 aliphatic carbocycles. The molecule has 1 aliphatic heterocycles. The first-order valence-corrected chi connectivity index (χ1v) is 13.4. The van der Waals surface area contributed by atoms with Gasteiger partial charge in [-0.25, -0.2) is 13.2 Å². The maximum Gasteiger partial charge on any atom is 0.315 e. The van der Waals surface area contributed by atoms with Gasteiger partial charge >= 0.3 is 6.03 Å². The molecule has 1 unspecified atom stereocenters. The lowest BCUT2D eigenvalue weighted by Crippen LogP contribution is -2.53. The Bertz CT molecular complexity index is 884. The molecule has 0 spiro atoms. The molecule has 0 aromatic carbocycles. The Morgan fingerprint density at radius 3 is 2.66 bits per heavy atom. The summed E-state index contributed by atoms with van der Waals surface area (Å²) in [5.41, 5.74) is 0. The number of rotatable bonds is 9. The van der Waals surface area contributed by atoms with E-state index in [1.807, 2.05) is 0 Å². The summed E-state index contributed by atoms with van der Waals surface area (Å²) >= 11 is 1.16. The second-order valence-corrected chi connectivity index (χ2v) is 11.7. The number of thiophene rings is 1. The van der Waals surface area contributed by atoms with E-state index in [0.29, 0.717) is 13.0 Å². The van der Waals surface area contributed by atoms with E-state index in [9.17, 15) is 22.8 Å². The van der Waals surface area contributed by atoms with Gasteiger partial charge in [0.1, 0.15) is 10.5 Å². The lowest BCUT2D eigenvalue weighted by molar-refractivity contribution is -0.133. The quantitative estimate of drug-likeness (QED) is 0.519. The number of likely N-dealkylation sites (tertiary alicyclic amines) is 1. The number of hydrogen-bond acceptors (Lipinski definition) is 6. The highest BCUT2D eigenvalue weighted by Gasteiger charge is 2.32. The third-order valence-electron chi connectivity index (χ3n) is 6.33. The van der Waals surface area contributed by atoms with Crippen LogP contribution in [0.1, 0.15) is 44.9 Å². The molecule has 0 bridgehead atoms. The van der Waals surface area contributed by atoms with E-state index in [1.165, 1.54) is 16.3 Å². The smallest absolute Gasteiger partial charge is 0.315 e. The largest absolute Gasteiger partial charge is 0.334 e. The second kappa shape index (κ2) is 11.2. The minimum atomic E-state index is -3.62. The summed E-state index contributed by atoms with van der Waals surface area (Å²) in [6.07, 6.45) is 7.28. The van der Waals surface area contributed by atoms with Crippen molar-refractivity contribution in [3.05, 3.63) is 17.5 Å². The van der Waals surface area contributed by atoms with Crippen LogP contribution in [0.3, 0.4) is 0 Å². The Kier molecular flexibility index (Phi) is 8.66. The molecule has 32 heavy (non-hydrogen) atoms. The zero-order valence-corrected chi connectivity index (χ0v) is 20.0. The first-order valence-electron chi connectivity index (χ1n) is 11.1. The number of urea groups is 1. The summed E-state index contributed by atoms with van der Waals surface area (Å²) in [4.78, 5) is 37.6. The predicted octanol–water partition coefficient (Wildman–Crippen LogP) is 1.81. The number of hydrogen-bond donors (Lipinski definition) is 2. The highest BCUT2D eigenvalue weighted by Crippen LogP contribution is 2.28. The van der Waals surface area contributed by atoms with Gasteiger partial charge in [-0.15, -0.1) is 11.3 Å². The topological polar surface area (TPSA) is 116 Å². The highest BCUT2D eigenvalue weighted by molar-refractivity contribution is 7.91. The number of aldehydes is 1. The molecule has 1 saturated carbocycles. The summed E-state index contributed by atoms with van der Waals surface area (Å²) in [7, 11) is -2.10. The minimum absolute atomic E-state index is 0.158. The van der Waals surface area contributed by atoms with Crippen LogP contribution < -0.4 is 10.6 Å². The molecule has 2 aliphatic rings. The van der Waals surface area contributed by atoms with Crippen molar-refractivity contribution in [3.63, 3.8) is 0 Å². The Morgan fingerprint density at radius 2 is 2.00 bits per heavy atom. The fourth-order valence-corrected chi connectivity index (χ4v) is 6.91. The summed E-state index contributed by atoms with van der Waals surface area (Å²) in [6.45, 7) is 0.476. The third-order valence-corrected chi connectivity index (χ3v) is 9.52. The Labute approximate surface area is 193 Å². The van der Waals surface area contributed by atoms with Gasteiger partial charge in [0.2, 0.25) is 5.91 Å². The molecule has 2 atom stereocenters. The van der Waals surface area contributed by atoms with Crippen molar-refractivity contribution in [2.24, 2.45) is 5.92 Å². The van der Waals surface area contributed by atoms with E-state index in [4.69, 9.17) is 0 Å². The van der Waals surface area contributed by atoms with Gasteiger partial charge in [0.25, 0.3) is 10.0 Å². The molecule has 9 nitrogen and oxygen atoms in total. The highest BCUT2D eigenvalue weighted by atomic mass is 32.2. The maximum atomic E-state index is 12.8. The maximum absolute atomic E-state index is 12.8. The van der Waals surface area contributed by atoms with Gasteiger partial charge in [-0.2, -0.15) is 4.31 Å². The number of nitrogens with one attached hydrogen (secondary N) is 2. The summed E-state index contributed by atoms with van der Waals surface area (Å²) in [6, 6.07) is 1.99. The van der Waals surface area contributed by atoms with Crippen molar-refractivity contribution in [3.8, 4) is 0 Å². The van der Waals surface area contributed by atoms with Crippen LogP contribution in [0.25, 0.3) is 0 Å². The first kappa shape index (κ1) is 24.7. The fraction of sp³-hybridized carbons (Fsp3) is 0.667. The normalized spacial score (nSPS) is 20.8. The average molecular weight is 485 g/mol. The predicted molar refractivity (Wildman–Crippen MR) is 122 cm³/mol. The van der Waals surface area contributed by atoms with Crippen molar-refractivity contribution in [1.82, 2.24) is 19.8 Å². The van der Waals surface area contributed by atoms with Crippen molar-refractivity contribution in [2.45, 2.75) is 61.2 Å². The molecule has 2 fully saturated rings. The Balaban J connectivity index is 1.60. The lowest BCUT2D eigenvalue weighted by Gasteiger charge is -2.33. The van der Waals surface area contributed by atoms with Crippen LogP contribution in [-0.4, -0.2) is 74.6 Å². The molecule has 0 radical (unpaired) electrons. The number of nitrogens with zero attached hydrogens (tertiary/aromatic N) is 2. The van der Waals surface area contributed by atoms with Gasteiger partial charge in [0.05, 0.1) is 12.6 Å². The third kappa shape index (κ3) is 6.08. The zero-order chi connectivity index (χ0) is 23.1. The number of amides is 3. The Morgan fingerprint density at radius 1 is 1.25 bits per heavy atom. The van der Waals surface area contributed by atoms with Crippen LogP contribution in [0.15, 0.2) is 21.7 Å². The van der Waals surface area contributed by atoms with E-state index in [1.54, 1.807) is 17.5 Å². The molecule has 3 amide bonds. The van der Waals surface area contributed by atoms with Crippen LogP contribution in [0.4, 0.5) is 4.79 Å². The van der Waals surface area contributed by atoms with Crippen LogP contribution in [-0.2, 0) is 19.6 Å². The molecule has 3 rings (SSSR count). The summed E-state index contributed by atoms with van der Waals surface area (Å²) in [5, 5.41) is 7.22. The molecule has 1 aromatic rings. The molecule has 11 heteroatoms. The second-order valence-electron chi connectivity index (χ2n) is 8.48. The molecule has 2 heterocycles. The molecular formula is C21H32N4O5S2. The monoisotopic (exact) mass is 484 g/mol. The average Bonchev–Trinajstić information content (AvgIpc) is 3.50. The van der Waals surface area contributed by atoms with Gasteiger partial charge < -0.3 is 20.3 Å². The van der Waals surface area contributed by atoms with Gasteiger partial charge in [0, 0.05) is 26.2 Å². The van der Waals surface area contributed by atoms with Crippen molar-refractivity contribution >= 4 is 39.6 Å².